The lowest BCUT2D eigenvalue weighted by Crippen LogP contribution is -2.29. The van der Waals surface area contributed by atoms with Gasteiger partial charge in [0.1, 0.15) is 11.8 Å². The molecule has 2 aliphatic rings. The molecule has 0 bridgehead atoms. The highest BCUT2D eigenvalue weighted by atomic mass is 16.5. The minimum Gasteiger partial charge on any atom is -0.479 e. The molecule has 3 atom stereocenters. The van der Waals surface area contributed by atoms with E-state index < -0.39 is 5.97 Å². The smallest absolute Gasteiger partial charge is 0.335 e. The number of carbonyl (C=O) groups is 1. The minimum atomic E-state index is -0.901. The molecule has 5 heteroatoms. The number of fused-ring (bicyclic) bond motifs is 3. The summed E-state index contributed by atoms with van der Waals surface area (Å²) in [6.07, 6.45) is 5.32. The first-order chi connectivity index (χ1) is 12.7. The number of nitrogens with zero attached hydrogens (tertiary/aromatic N) is 1. The van der Waals surface area contributed by atoms with E-state index in [1.54, 1.807) is 12.1 Å². The standard InChI is InChI=1S/C21H18N2O3/c22-10-11-26-15-7-4-13(5-8-15)20-17-3-1-2-16(17)18-12-14(21(24)25)6-9-19(18)23-20/h1-2,4-9,12,16-17,20,23H,3,11H2,(H,24,25)/t16-,17+,20+/m1/s1. The quantitative estimate of drug-likeness (QED) is 0.814. The van der Waals surface area contributed by atoms with Gasteiger partial charge < -0.3 is 15.2 Å². The van der Waals surface area contributed by atoms with Crippen LogP contribution in [0.15, 0.2) is 54.6 Å². The summed E-state index contributed by atoms with van der Waals surface area (Å²) in [5.74, 6) is 0.336. The van der Waals surface area contributed by atoms with E-state index >= 15 is 0 Å². The molecule has 0 radical (unpaired) electrons. The van der Waals surface area contributed by atoms with Crippen molar-refractivity contribution >= 4 is 11.7 Å². The number of carboxylic acid groups (broad SMARTS) is 1. The Morgan fingerprint density at radius 1 is 1.27 bits per heavy atom. The van der Waals surface area contributed by atoms with Crippen molar-refractivity contribution in [3.05, 3.63) is 71.3 Å². The van der Waals surface area contributed by atoms with Crippen LogP contribution in [-0.4, -0.2) is 17.7 Å². The molecule has 0 saturated carbocycles. The van der Waals surface area contributed by atoms with Crippen molar-refractivity contribution in [1.29, 1.82) is 5.26 Å². The maximum Gasteiger partial charge on any atom is 0.335 e. The zero-order chi connectivity index (χ0) is 18.1. The predicted molar refractivity (Wildman–Crippen MR) is 97.3 cm³/mol. The Labute approximate surface area is 151 Å². The van der Waals surface area contributed by atoms with Crippen molar-refractivity contribution in [2.45, 2.75) is 18.4 Å². The van der Waals surface area contributed by atoms with E-state index in [-0.39, 0.29) is 18.6 Å². The summed E-state index contributed by atoms with van der Waals surface area (Å²) in [5, 5.41) is 21.5. The topological polar surface area (TPSA) is 82.3 Å². The Morgan fingerprint density at radius 3 is 2.81 bits per heavy atom. The van der Waals surface area contributed by atoms with Crippen LogP contribution >= 0.6 is 0 Å². The fraction of sp³-hybridized carbons (Fsp3) is 0.238. The van der Waals surface area contributed by atoms with E-state index in [0.29, 0.717) is 17.2 Å². The molecule has 5 nitrogen and oxygen atoms in total. The molecule has 0 amide bonds. The zero-order valence-corrected chi connectivity index (χ0v) is 14.1. The number of nitrogens with one attached hydrogen (secondary N) is 1. The van der Waals surface area contributed by atoms with Gasteiger partial charge in [0.05, 0.1) is 11.6 Å². The van der Waals surface area contributed by atoms with Gasteiger partial charge in [-0.1, -0.05) is 24.3 Å². The number of rotatable bonds is 4. The fourth-order valence-corrected chi connectivity index (χ4v) is 3.94. The van der Waals surface area contributed by atoms with Gasteiger partial charge in [-0.15, -0.1) is 0 Å². The Kier molecular flexibility index (Phi) is 4.10. The van der Waals surface area contributed by atoms with Gasteiger partial charge in [0.2, 0.25) is 0 Å². The number of benzene rings is 2. The van der Waals surface area contributed by atoms with E-state index in [0.717, 1.165) is 23.2 Å². The first-order valence-corrected chi connectivity index (χ1v) is 8.57. The summed E-state index contributed by atoms with van der Waals surface area (Å²) < 4.78 is 5.33. The summed E-state index contributed by atoms with van der Waals surface area (Å²) in [6.45, 7) is 0.0366. The molecule has 4 rings (SSSR count). The van der Waals surface area contributed by atoms with Gasteiger partial charge in [0.25, 0.3) is 0 Å². The van der Waals surface area contributed by atoms with Gasteiger partial charge in [-0.2, -0.15) is 5.26 Å². The summed E-state index contributed by atoms with van der Waals surface area (Å²) >= 11 is 0. The lowest BCUT2D eigenvalue weighted by atomic mass is 9.76. The average molecular weight is 346 g/mol. The molecule has 0 unspecified atom stereocenters. The van der Waals surface area contributed by atoms with Crippen LogP contribution in [0.25, 0.3) is 0 Å². The SMILES string of the molecule is N#CCOc1ccc([C@@H]2Nc3ccc(C(=O)O)cc3[C@@H]3C=CC[C@@H]32)cc1. The molecule has 2 aromatic rings. The van der Waals surface area contributed by atoms with Gasteiger partial charge >= 0.3 is 5.97 Å². The second-order valence-corrected chi connectivity index (χ2v) is 6.60. The maximum atomic E-state index is 11.3. The summed E-state index contributed by atoms with van der Waals surface area (Å²) in [6, 6.07) is 15.2. The highest BCUT2D eigenvalue weighted by molar-refractivity contribution is 5.89. The van der Waals surface area contributed by atoms with E-state index in [1.807, 2.05) is 36.4 Å². The number of ether oxygens (including phenoxy) is 1. The molecule has 2 N–H and O–H groups in total. The Balaban J connectivity index is 1.65. The molecule has 0 fully saturated rings. The molecular formula is C21H18N2O3. The second kappa shape index (κ2) is 6.57. The van der Waals surface area contributed by atoms with Crippen LogP contribution in [0.5, 0.6) is 5.75 Å². The van der Waals surface area contributed by atoms with Crippen LogP contribution in [0, 0.1) is 17.2 Å². The van der Waals surface area contributed by atoms with E-state index in [9.17, 15) is 9.90 Å². The minimum absolute atomic E-state index is 0.0366. The summed E-state index contributed by atoms with van der Waals surface area (Å²) in [5.41, 5.74) is 3.51. The third kappa shape index (κ3) is 2.80. The number of hydrogen-bond donors (Lipinski definition) is 2. The summed E-state index contributed by atoms with van der Waals surface area (Å²) in [4.78, 5) is 11.3. The number of aromatic carboxylic acids is 1. The van der Waals surface area contributed by atoms with Crippen molar-refractivity contribution < 1.29 is 14.6 Å². The highest BCUT2D eigenvalue weighted by Crippen LogP contribution is 2.50. The summed E-state index contributed by atoms with van der Waals surface area (Å²) in [7, 11) is 0. The fourth-order valence-electron chi connectivity index (χ4n) is 3.94. The number of anilines is 1. The van der Waals surface area contributed by atoms with E-state index in [2.05, 4.69) is 17.5 Å². The van der Waals surface area contributed by atoms with E-state index in [1.165, 1.54) is 0 Å². The second-order valence-electron chi connectivity index (χ2n) is 6.60. The van der Waals surface area contributed by atoms with E-state index in [4.69, 9.17) is 10.00 Å². The number of carboxylic acids is 1. The van der Waals surface area contributed by atoms with Crippen LogP contribution in [0.2, 0.25) is 0 Å². The van der Waals surface area contributed by atoms with Crippen molar-refractivity contribution in [2.75, 3.05) is 11.9 Å². The Bertz CT molecular complexity index is 912. The molecule has 0 saturated heterocycles. The lowest BCUT2D eigenvalue weighted by Gasteiger charge is -2.37. The molecule has 0 spiro atoms. The number of nitriles is 1. The molecule has 1 heterocycles. The van der Waals surface area contributed by atoms with Crippen LogP contribution in [0.3, 0.4) is 0 Å². The van der Waals surface area contributed by atoms with Crippen molar-refractivity contribution in [3.8, 4) is 11.8 Å². The van der Waals surface area contributed by atoms with Gasteiger partial charge in [-0.3, -0.25) is 0 Å². The third-order valence-corrected chi connectivity index (χ3v) is 5.15. The predicted octanol–water partition coefficient (Wildman–Crippen LogP) is 4.11. The van der Waals surface area contributed by atoms with Gasteiger partial charge in [0.15, 0.2) is 6.61 Å². The largest absolute Gasteiger partial charge is 0.479 e. The number of allylic oxidation sites excluding steroid dienone is 2. The normalized spacial score (nSPS) is 22.7. The molecule has 2 aromatic carbocycles. The van der Waals surface area contributed by atoms with Crippen molar-refractivity contribution in [3.63, 3.8) is 0 Å². The first-order valence-electron chi connectivity index (χ1n) is 8.57. The zero-order valence-electron chi connectivity index (χ0n) is 14.1. The van der Waals surface area contributed by atoms with Crippen molar-refractivity contribution in [2.24, 2.45) is 5.92 Å². The van der Waals surface area contributed by atoms with Crippen LogP contribution in [0.1, 0.15) is 39.9 Å². The lowest BCUT2D eigenvalue weighted by molar-refractivity contribution is 0.0696. The number of hydrogen-bond acceptors (Lipinski definition) is 4. The van der Waals surface area contributed by atoms with Gasteiger partial charge in [-0.05, 0) is 53.8 Å². The van der Waals surface area contributed by atoms with Crippen LogP contribution in [-0.2, 0) is 0 Å². The Hall–Kier alpha value is -3.26. The third-order valence-electron chi connectivity index (χ3n) is 5.15. The molecule has 26 heavy (non-hydrogen) atoms. The molecule has 1 aliphatic heterocycles. The van der Waals surface area contributed by atoms with Crippen LogP contribution < -0.4 is 10.1 Å². The maximum absolute atomic E-state index is 11.3. The monoisotopic (exact) mass is 346 g/mol. The first kappa shape index (κ1) is 16.2. The Morgan fingerprint density at radius 2 is 2.08 bits per heavy atom. The molecular weight excluding hydrogens is 328 g/mol. The molecule has 1 aliphatic carbocycles. The highest BCUT2D eigenvalue weighted by Gasteiger charge is 2.38. The average Bonchev–Trinajstić information content (AvgIpc) is 3.16. The van der Waals surface area contributed by atoms with Crippen LogP contribution in [0.4, 0.5) is 5.69 Å². The van der Waals surface area contributed by atoms with Gasteiger partial charge in [0, 0.05) is 11.6 Å². The van der Waals surface area contributed by atoms with Gasteiger partial charge in [-0.25, -0.2) is 4.79 Å². The van der Waals surface area contributed by atoms with Crippen molar-refractivity contribution in [1.82, 2.24) is 0 Å². The molecule has 0 aromatic heterocycles. The molecule has 130 valence electrons.